The molecule has 0 amide bonds. The molecule has 0 saturated carbocycles. The van der Waals surface area contributed by atoms with Crippen LogP contribution in [0.2, 0.25) is 0 Å². The molecule has 0 bridgehead atoms. The fourth-order valence-corrected chi connectivity index (χ4v) is 3.35. The standard InChI is InChI=1S/C13H18N2O2S/c16-15(17)13-3-1-11(2-4-13)5-7-14-9-12-6-8-18-10-12/h1-4,12,14H,5-10H2. The highest BCUT2D eigenvalue weighted by Crippen LogP contribution is 2.22. The summed E-state index contributed by atoms with van der Waals surface area (Å²) in [6, 6.07) is 6.82. The highest BCUT2D eigenvalue weighted by molar-refractivity contribution is 7.99. The van der Waals surface area contributed by atoms with Crippen LogP contribution in [-0.2, 0) is 6.42 Å². The van der Waals surface area contributed by atoms with Gasteiger partial charge in [-0.2, -0.15) is 11.8 Å². The zero-order chi connectivity index (χ0) is 12.8. The molecular weight excluding hydrogens is 248 g/mol. The van der Waals surface area contributed by atoms with Crippen molar-refractivity contribution in [1.29, 1.82) is 0 Å². The van der Waals surface area contributed by atoms with Gasteiger partial charge < -0.3 is 5.32 Å². The van der Waals surface area contributed by atoms with E-state index in [4.69, 9.17) is 0 Å². The van der Waals surface area contributed by atoms with Gasteiger partial charge >= 0.3 is 0 Å². The van der Waals surface area contributed by atoms with Gasteiger partial charge in [0.15, 0.2) is 0 Å². The summed E-state index contributed by atoms with van der Waals surface area (Å²) in [5.74, 6) is 3.41. The van der Waals surface area contributed by atoms with E-state index in [-0.39, 0.29) is 10.6 Å². The molecule has 1 heterocycles. The summed E-state index contributed by atoms with van der Waals surface area (Å²) < 4.78 is 0. The molecule has 4 nitrogen and oxygen atoms in total. The van der Waals surface area contributed by atoms with Crippen LogP contribution in [0.25, 0.3) is 0 Å². The average molecular weight is 266 g/mol. The Morgan fingerprint density at radius 1 is 1.39 bits per heavy atom. The van der Waals surface area contributed by atoms with Crippen LogP contribution in [-0.4, -0.2) is 29.5 Å². The molecule has 1 aliphatic rings. The Labute approximate surface area is 111 Å². The molecule has 1 aliphatic heterocycles. The van der Waals surface area contributed by atoms with Crippen LogP contribution in [0.3, 0.4) is 0 Å². The third-order valence-corrected chi connectivity index (χ3v) is 4.43. The molecule has 1 fully saturated rings. The van der Waals surface area contributed by atoms with Gasteiger partial charge in [0.25, 0.3) is 5.69 Å². The molecule has 5 heteroatoms. The predicted molar refractivity (Wildman–Crippen MR) is 75.1 cm³/mol. The van der Waals surface area contributed by atoms with Crippen molar-refractivity contribution in [2.24, 2.45) is 5.92 Å². The Balaban J connectivity index is 1.68. The molecule has 0 radical (unpaired) electrons. The number of thioether (sulfide) groups is 1. The van der Waals surface area contributed by atoms with E-state index < -0.39 is 0 Å². The fourth-order valence-electron chi connectivity index (χ4n) is 2.07. The maximum absolute atomic E-state index is 10.5. The molecule has 1 N–H and O–H groups in total. The molecule has 18 heavy (non-hydrogen) atoms. The number of nitro groups is 1. The van der Waals surface area contributed by atoms with Crippen molar-refractivity contribution >= 4 is 17.4 Å². The molecule has 0 aliphatic carbocycles. The lowest BCUT2D eigenvalue weighted by molar-refractivity contribution is -0.384. The summed E-state index contributed by atoms with van der Waals surface area (Å²) >= 11 is 2.04. The summed E-state index contributed by atoms with van der Waals surface area (Å²) in [5.41, 5.74) is 1.31. The first-order valence-corrected chi connectivity index (χ1v) is 7.43. The van der Waals surface area contributed by atoms with Gasteiger partial charge in [-0.3, -0.25) is 10.1 Å². The smallest absolute Gasteiger partial charge is 0.269 e. The van der Waals surface area contributed by atoms with Crippen LogP contribution in [0.15, 0.2) is 24.3 Å². The van der Waals surface area contributed by atoms with E-state index in [1.807, 2.05) is 23.9 Å². The zero-order valence-corrected chi connectivity index (χ0v) is 11.1. The number of nitro benzene ring substituents is 1. The normalized spacial score (nSPS) is 19.0. The van der Waals surface area contributed by atoms with E-state index in [2.05, 4.69) is 5.32 Å². The highest BCUT2D eigenvalue weighted by atomic mass is 32.2. The van der Waals surface area contributed by atoms with Crippen molar-refractivity contribution in [2.45, 2.75) is 12.8 Å². The van der Waals surface area contributed by atoms with Crippen molar-refractivity contribution < 1.29 is 4.92 Å². The summed E-state index contributed by atoms with van der Waals surface area (Å²) in [7, 11) is 0. The second kappa shape index (κ2) is 6.75. The molecule has 2 rings (SSSR count). The quantitative estimate of drug-likeness (QED) is 0.488. The van der Waals surface area contributed by atoms with Gasteiger partial charge in [-0.15, -0.1) is 0 Å². The lowest BCUT2D eigenvalue weighted by atomic mass is 10.1. The first kappa shape index (κ1) is 13.4. The molecule has 1 atom stereocenters. The molecular formula is C13H18N2O2S. The Morgan fingerprint density at radius 2 is 2.17 bits per heavy atom. The van der Waals surface area contributed by atoms with Crippen molar-refractivity contribution in [3.05, 3.63) is 39.9 Å². The Hall–Kier alpha value is -1.07. The molecule has 0 spiro atoms. The Morgan fingerprint density at radius 3 is 2.78 bits per heavy atom. The number of rotatable bonds is 6. The third kappa shape index (κ3) is 3.99. The van der Waals surface area contributed by atoms with E-state index in [1.54, 1.807) is 12.1 Å². The van der Waals surface area contributed by atoms with Crippen molar-refractivity contribution in [3.8, 4) is 0 Å². The minimum absolute atomic E-state index is 0.162. The van der Waals surface area contributed by atoms with Gasteiger partial charge in [-0.05, 0) is 48.9 Å². The number of nitrogens with zero attached hydrogens (tertiary/aromatic N) is 1. The first-order chi connectivity index (χ1) is 8.75. The second-order valence-corrected chi connectivity index (χ2v) is 5.76. The molecule has 0 aromatic heterocycles. The number of hydrogen-bond donors (Lipinski definition) is 1. The lowest BCUT2D eigenvalue weighted by Crippen LogP contribution is -2.24. The second-order valence-electron chi connectivity index (χ2n) is 4.61. The van der Waals surface area contributed by atoms with Gasteiger partial charge in [-0.1, -0.05) is 12.1 Å². The van der Waals surface area contributed by atoms with E-state index in [0.717, 1.165) is 31.0 Å². The minimum atomic E-state index is -0.361. The number of benzene rings is 1. The van der Waals surface area contributed by atoms with Gasteiger partial charge in [0.05, 0.1) is 4.92 Å². The summed E-state index contributed by atoms with van der Waals surface area (Å²) in [4.78, 5) is 10.1. The Kier molecular flexibility index (Phi) is 5.01. The van der Waals surface area contributed by atoms with Crippen LogP contribution >= 0.6 is 11.8 Å². The zero-order valence-electron chi connectivity index (χ0n) is 10.3. The van der Waals surface area contributed by atoms with E-state index in [9.17, 15) is 10.1 Å². The molecule has 1 saturated heterocycles. The molecule has 1 aromatic rings. The minimum Gasteiger partial charge on any atom is -0.316 e. The van der Waals surface area contributed by atoms with E-state index in [0.29, 0.717) is 0 Å². The summed E-state index contributed by atoms with van der Waals surface area (Å²) in [6.07, 6.45) is 2.26. The van der Waals surface area contributed by atoms with Crippen LogP contribution in [0.5, 0.6) is 0 Å². The van der Waals surface area contributed by atoms with Gasteiger partial charge in [-0.25, -0.2) is 0 Å². The lowest BCUT2D eigenvalue weighted by Gasteiger charge is -2.09. The summed E-state index contributed by atoms with van der Waals surface area (Å²) in [5, 5.41) is 14.0. The third-order valence-electron chi connectivity index (χ3n) is 3.19. The maximum atomic E-state index is 10.5. The SMILES string of the molecule is O=[N+]([O-])c1ccc(CCNCC2CCSC2)cc1. The number of hydrogen-bond acceptors (Lipinski definition) is 4. The molecule has 98 valence electrons. The van der Waals surface area contributed by atoms with E-state index >= 15 is 0 Å². The van der Waals surface area contributed by atoms with Crippen molar-refractivity contribution in [1.82, 2.24) is 5.32 Å². The first-order valence-electron chi connectivity index (χ1n) is 6.27. The highest BCUT2D eigenvalue weighted by Gasteiger charge is 2.14. The van der Waals surface area contributed by atoms with Crippen molar-refractivity contribution in [3.63, 3.8) is 0 Å². The fraction of sp³-hybridized carbons (Fsp3) is 0.538. The average Bonchev–Trinajstić information content (AvgIpc) is 2.88. The Bertz CT molecular complexity index is 388. The number of nitrogens with one attached hydrogen (secondary N) is 1. The van der Waals surface area contributed by atoms with Crippen molar-refractivity contribution in [2.75, 3.05) is 24.6 Å². The topological polar surface area (TPSA) is 55.2 Å². The van der Waals surface area contributed by atoms with Crippen LogP contribution in [0.4, 0.5) is 5.69 Å². The van der Waals surface area contributed by atoms with Gasteiger partial charge in [0, 0.05) is 12.1 Å². The van der Waals surface area contributed by atoms with Gasteiger partial charge in [0.1, 0.15) is 0 Å². The van der Waals surface area contributed by atoms with Crippen LogP contribution < -0.4 is 5.32 Å². The molecule has 1 unspecified atom stereocenters. The summed E-state index contributed by atoms with van der Waals surface area (Å²) in [6.45, 7) is 2.04. The monoisotopic (exact) mass is 266 g/mol. The largest absolute Gasteiger partial charge is 0.316 e. The van der Waals surface area contributed by atoms with Gasteiger partial charge in [0.2, 0.25) is 0 Å². The number of non-ortho nitro benzene ring substituents is 1. The predicted octanol–water partition coefficient (Wildman–Crippen LogP) is 2.48. The van der Waals surface area contributed by atoms with Crippen LogP contribution in [0.1, 0.15) is 12.0 Å². The maximum Gasteiger partial charge on any atom is 0.269 e. The van der Waals surface area contributed by atoms with E-state index in [1.165, 1.54) is 17.9 Å². The van der Waals surface area contributed by atoms with Crippen LogP contribution in [0, 0.1) is 16.0 Å². The molecule has 1 aromatic carbocycles.